The van der Waals surface area contributed by atoms with Crippen molar-refractivity contribution in [1.29, 1.82) is 0 Å². The maximum atomic E-state index is 10.7. The summed E-state index contributed by atoms with van der Waals surface area (Å²) in [5, 5.41) is 10.7. The predicted molar refractivity (Wildman–Crippen MR) is 66.4 cm³/mol. The molecule has 2 heterocycles. The topological polar surface area (TPSA) is 36.4 Å². The highest BCUT2D eigenvalue weighted by molar-refractivity contribution is 5.12. The van der Waals surface area contributed by atoms with Crippen LogP contribution in [0.15, 0.2) is 24.5 Å². The number of rotatable bonds is 3. The zero-order valence-electron chi connectivity index (χ0n) is 10.3. The normalized spacial score (nSPS) is 34.1. The molecule has 0 spiro atoms. The van der Waals surface area contributed by atoms with E-state index in [4.69, 9.17) is 0 Å². The fourth-order valence-corrected chi connectivity index (χ4v) is 3.11. The zero-order valence-corrected chi connectivity index (χ0v) is 10.3. The monoisotopic (exact) mass is 232 g/mol. The molecule has 0 aromatic carbocycles. The molecule has 1 saturated carbocycles. The third-order valence-corrected chi connectivity index (χ3v) is 4.30. The number of hydrogen-bond acceptors (Lipinski definition) is 3. The highest BCUT2D eigenvalue weighted by atomic mass is 16.3. The fraction of sp³-hybridized carbons (Fsp3) is 0.643. The zero-order chi connectivity index (χ0) is 11.9. The summed E-state index contributed by atoms with van der Waals surface area (Å²) in [6, 6.07) is 4.11. The van der Waals surface area contributed by atoms with Crippen molar-refractivity contribution in [2.24, 2.45) is 11.8 Å². The van der Waals surface area contributed by atoms with Crippen LogP contribution in [-0.4, -0.2) is 33.7 Å². The van der Waals surface area contributed by atoms with E-state index in [0.717, 1.165) is 19.6 Å². The quantitative estimate of drug-likeness (QED) is 0.861. The average molecular weight is 232 g/mol. The van der Waals surface area contributed by atoms with Crippen LogP contribution in [0.2, 0.25) is 0 Å². The molecule has 0 radical (unpaired) electrons. The summed E-state index contributed by atoms with van der Waals surface area (Å²) in [5.74, 6) is 0.955. The van der Waals surface area contributed by atoms with Crippen molar-refractivity contribution in [3.63, 3.8) is 0 Å². The summed E-state index contributed by atoms with van der Waals surface area (Å²) >= 11 is 0. The molecule has 2 fully saturated rings. The van der Waals surface area contributed by atoms with Gasteiger partial charge in [0.15, 0.2) is 0 Å². The van der Waals surface area contributed by atoms with Crippen LogP contribution in [0.1, 0.15) is 25.3 Å². The second kappa shape index (κ2) is 4.07. The maximum Gasteiger partial charge on any atom is 0.0839 e. The minimum absolute atomic E-state index is 0.400. The summed E-state index contributed by atoms with van der Waals surface area (Å²) in [4.78, 5) is 6.41. The maximum absolute atomic E-state index is 10.7. The third-order valence-electron chi connectivity index (χ3n) is 4.30. The molecule has 0 amide bonds. The van der Waals surface area contributed by atoms with E-state index in [9.17, 15) is 5.11 Å². The molecule has 1 N–H and O–H groups in total. The first-order valence-electron chi connectivity index (χ1n) is 6.52. The Balaban J connectivity index is 1.67. The number of hydrogen-bond donors (Lipinski definition) is 1. The van der Waals surface area contributed by atoms with Crippen molar-refractivity contribution in [3.8, 4) is 0 Å². The molecule has 3 heteroatoms. The van der Waals surface area contributed by atoms with Gasteiger partial charge in [-0.05, 0) is 42.4 Å². The first kappa shape index (κ1) is 11.2. The van der Waals surface area contributed by atoms with Crippen LogP contribution in [-0.2, 0) is 6.54 Å². The summed E-state index contributed by atoms with van der Waals surface area (Å²) in [5.41, 5.74) is 0.861. The van der Waals surface area contributed by atoms with Crippen molar-refractivity contribution >= 4 is 0 Å². The second-order valence-electron chi connectivity index (χ2n) is 5.69. The standard InChI is InChI=1S/C14H20N2O/c1-11-8-16(9-12-4-6-15-7-5-12)10-14(11,17)13-2-3-13/h4-7,11,13,17H,2-3,8-10H2,1H3/t11-,14+/m1/s1. The first-order valence-corrected chi connectivity index (χ1v) is 6.52. The van der Waals surface area contributed by atoms with Gasteiger partial charge in [-0.15, -0.1) is 0 Å². The molecule has 2 atom stereocenters. The Morgan fingerprint density at radius 2 is 2.12 bits per heavy atom. The van der Waals surface area contributed by atoms with E-state index in [0.29, 0.717) is 11.8 Å². The number of nitrogens with zero attached hydrogens (tertiary/aromatic N) is 2. The Labute approximate surface area is 102 Å². The van der Waals surface area contributed by atoms with E-state index in [1.807, 2.05) is 12.4 Å². The van der Waals surface area contributed by atoms with Gasteiger partial charge in [0.1, 0.15) is 0 Å². The largest absolute Gasteiger partial charge is 0.388 e. The van der Waals surface area contributed by atoms with Crippen molar-refractivity contribution < 1.29 is 5.11 Å². The molecule has 1 aliphatic carbocycles. The highest BCUT2D eigenvalue weighted by Crippen LogP contribution is 2.47. The molecule has 0 unspecified atom stereocenters. The van der Waals surface area contributed by atoms with Gasteiger partial charge in [0.25, 0.3) is 0 Å². The molecular weight excluding hydrogens is 212 g/mol. The third kappa shape index (κ3) is 2.09. The van der Waals surface area contributed by atoms with Crippen LogP contribution in [0.3, 0.4) is 0 Å². The molecule has 92 valence electrons. The molecule has 17 heavy (non-hydrogen) atoms. The molecule has 1 aromatic rings. The highest BCUT2D eigenvalue weighted by Gasteiger charge is 2.52. The van der Waals surface area contributed by atoms with Gasteiger partial charge in [-0.25, -0.2) is 0 Å². The van der Waals surface area contributed by atoms with Crippen LogP contribution in [0.25, 0.3) is 0 Å². The number of aromatic nitrogens is 1. The number of likely N-dealkylation sites (tertiary alicyclic amines) is 1. The van der Waals surface area contributed by atoms with E-state index in [2.05, 4.69) is 28.9 Å². The molecule has 3 rings (SSSR count). The second-order valence-corrected chi connectivity index (χ2v) is 5.69. The van der Waals surface area contributed by atoms with Gasteiger partial charge < -0.3 is 5.11 Å². The van der Waals surface area contributed by atoms with Crippen molar-refractivity contribution in [1.82, 2.24) is 9.88 Å². The van der Waals surface area contributed by atoms with E-state index >= 15 is 0 Å². The number of β-amino-alcohol motifs (C(OH)–C–C–N with tert-alkyl or cyclic N) is 1. The molecule has 1 aliphatic heterocycles. The summed E-state index contributed by atoms with van der Waals surface area (Å²) in [6.45, 7) is 4.96. The SMILES string of the molecule is C[C@@H]1CN(Cc2ccncc2)C[C@@]1(O)C1CC1. The molecule has 1 saturated heterocycles. The van der Waals surface area contributed by atoms with Gasteiger partial charge in [-0.1, -0.05) is 6.92 Å². The smallest absolute Gasteiger partial charge is 0.0839 e. The first-order chi connectivity index (χ1) is 8.18. The van der Waals surface area contributed by atoms with Gasteiger partial charge in [0.2, 0.25) is 0 Å². The summed E-state index contributed by atoms with van der Waals surface area (Å²) < 4.78 is 0. The Bertz CT molecular complexity index is 390. The minimum Gasteiger partial charge on any atom is -0.388 e. The summed E-state index contributed by atoms with van der Waals surface area (Å²) in [6.07, 6.45) is 6.09. The lowest BCUT2D eigenvalue weighted by Gasteiger charge is -2.26. The van der Waals surface area contributed by atoms with Crippen LogP contribution in [0, 0.1) is 11.8 Å². The van der Waals surface area contributed by atoms with Gasteiger partial charge in [0, 0.05) is 32.0 Å². The average Bonchev–Trinajstić information content (AvgIpc) is 3.10. The van der Waals surface area contributed by atoms with Crippen molar-refractivity contribution in [3.05, 3.63) is 30.1 Å². The molecule has 3 nitrogen and oxygen atoms in total. The van der Waals surface area contributed by atoms with E-state index in [1.165, 1.54) is 18.4 Å². The fourth-order valence-electron chi connectivity index (χ4n) is 3.11. The van der Waals surface area contributed by atoms with Crippen LogP contribution >= 0.6 is 0 Å². The molecule has 2 aliphatic rings. The Hall–Kier alpha value is -0.930. The summed E-state index contributed by atoms with van der Waals surface area (Å²) in [7, 11) is 0. The van der Waals surface area contributed by atoms with Crippen molar-refractivity contribution in [2.75, 3.05) is 13.1 Å². The lowest BCUT2D eigenvalue weighted by atomic mass is 9.88. The van der Waals surface area contributed by atoms with Crippen LogP contribution in [0.4, 0.5) is 0 Å². The Kier molecular flexibility index (Phi) is 2.68. The van der Waals surface area contributed by atoms with Gasteiger partial charge >= 0.3 is 0 Å². The van der Waals surface area contributed by atoms with Gasteiger partial charge in [0.05, 0.1) is 5.60 Å². The number of aliphatic hydroxyl groups is 1. The number of pyridine rings is 1. The predicted octanol–water partition coefficient (Wildman–Crippen LogP) is 1.67. The molecular formula is C14H20N2O. The minimum atomic E-state index is -0.424. The van der Waals surface area contributed by atoms with Crippen molar-refractivity contribution in [2.45, 2.75) is 31.9 Å². The molecule has 0 bridgehead atoms. The van der Waals surface area contributed by atoms with Gasteiger partial charge in [-0.2, -0.15) is 0 Å². The Morgan fingerprint density at radius 1 is 1.41 bits per heavy atom. The van der Waals surface area contributed by atoms with E-state index < -0.39 is 5.60 Å². The van der Waals surface area contributed by atoms with Gasteiger partial charge in [-0.3, -0.25) is 9.88 Å². The van der Waals surface area contributed by atoms with Crippen LogP contribution < -0.4 is 0 Å². The van der Waals surface area contributed by atoms with E-state index in [-0.39, 0.29) is 0 Å². The lowest BCUT2D eigenvalue weighted by Crippen LogP contribution is -2.39. The Morgan fingerprint density at radius 3 is 2.76 bits per heavy atom. The lowest BCUT2D eigenvalue weighted by molar-refractivity contribution is -0.00443. The van der Waals surface area contributed by atoms with E-state index in [1.54, 1.807) is 0 Å². The molecule has 1 aromatic heterocycles. The van der Waals surface area contributed by atoms with Crippen LogP contribution in [0.5, 0.6) is 0 Å².